The monoisotopic (exact) mass is 1030 g/mol. The molecule has 0 fully saturated rings. The number of esters is 2. The molecule has 0 saturated carbocycles. The van der Waals surface area contributed by atoms with Gasteiger partial charge in [0.05, 0.1) is 61.8 Å². The summed E-state index contributed by atoms with van der Waals surface area (Å²) in [7, 11) is 0. The highest BCUT2D eigenvalue weighted by Gasteiger charge is 2.23. The fourth-order valence-corrected chi connectivity index (χ4v) is 10.5. The van der Waals surface area contributed by atoms with E-state index in [2.05, 4.69) is 16.7 Å². The van der Waals surface area contributed by atoms with Crippen molar-refractivity contribution in [2.75, 3.05) is 0 Å². The van der Waals surface area contributed by atoms with E-state index < -0.39 is 11.9 Å². The van der Waals surface area contributed by atoms with Crippen LogP contribution in [-0.2, 0) is 22.7 Å². The first-order valence-corrected chi connectivity index (χ1v) is 25.9. The molecular weight excluding hydrogens is 991 g/mol. The first-order valence-electron chi connectivity index (χ1n) is 25.9. The van der Waals surface area contributed by atoms with Crippen LogP contribution in [0.4, 0.5) is 0 Å². The molecule has 3 heterocycles. The number of hydrogen-bond acceptors (Lipinski definition) is 9. The molecule has 378 valence electrons. The summed E-state index contributed by atoms with van der Waals surface area (Å²) in [6, 6.07) is 79.8. The highest BCUT2D eigenvalue weighted by molar-refractivity contribution is 6.13. The number of benzene rings is 10. The van der Waals surface area contributed by atoms with Gasteiger partial charge in [0.25, 0.3) is 0 Å². The van der Waals surface area contributed by atoms with E-state index in [-0.39, 0.29) is 13.2 Å². The molecule has 80 heavy (non-hydrogen) atoms. The normalized spacial score (nSPS) is 11.2. The Kier molecular flexibility index (Phi) is 12.5. The number of para-hydroxylation sites is 2. The second-order valence-electron chi connectivity index (χ2n) is 19.2. The first-order chi connectivity index (χ1) is 39.4. The minimum atomic E-state index is -0.441. The highest BCUT2D eigenvalue weighted by atomic mass is 16.5. The third kappa shape index (κ3) is 8.92. The molecule has 11 heteroatoms. The van der Waals surface area contributed by atoms with Gasteiger partial charge in [-0.2, -0.15) is 10.5 Å². The molecule has 0 bridgehead atoms. The number of fused-ring (bicyclic) bond motifs is 6. The van der Waals surface area contributed by atoms with Crippen molar-refractivity contribution >= 4 is 55.6 Å². The lowest BCUT2D eigenvalue weighted by atomic mass is 9.96. The van der Waals surface area contributed by atoms with Gasteiger partial charge in [-0.05, 0) is 90.0 Å². The topological polar surface area (TPSA) is 149 Å². The Morgan fingerprint density at radius 2 is 0.812 bits per heavy atom. The van der Waals surface area contributed by atoms with Crippen LogP contribution in [0.3, 0.4) is 0 Å². The second-order valence-corrected chi connectivity index (χ2v) is 19.2. The van der Waals surface area contributed by atoms with Crippen LogP contribution in [0, 0.1) is 22.7 Å². The van der Waals surface area contributed by atoms with E-state index in [1.54, 1.807) is 18.2 Å². The molecular formula is C69H43N7O4. The summed E-state index contributed by atoms with van der Waals surface area (Å²) in [5.74, 6) is 0.310. The first kappa shape index (κ1) is 48.4. The van der Waals surface area contributed by atoms with Gasteiger partial charge in [-0.15, -0.1) is 0 Å². The molecule has 0 radical (unpaired) electrons. The molecule has 13 aromatic rings. The van der Waals surface area contributed by atoms with Gasteiger partial charge in [-0.25, -0.2) is 24.5 Å². The Hall–Kier alpha value is -11.3. The Morgan fingerprint density at radius 1 is 0.375 bits per heavy atom. The molecule has 0 aliphatic rings. The lowest BCUT2D eigenvalue weighted by Gasteiger charge is -2.17. The average molecular weight is 1030 g/mol. The molecule has 3 aromatic heterocycles. The summed E-state index contributed by atoms with van der Waals surface area (Å²) in [5.41, 5.74) is 11.8. The molecule has 0 spiro atoms. The van der Waals surface area contributed by atoms with Gasteiger partial charge in [-0.1, -0.05) is 158 Å². The Morgan fingerprint density at radius 3 is 1.36 bits per heavy atom. The second kappa shape index (κ2) is 20.7. The number of hydrogen-bond donors (Lipinski definition) is 0. The largest absolute Gasteiger partial charge is 0.457 e. The number of ether oxygens (including phenoxy) is 2. The maximum atomic E-state index is 13.6. The minimum Gasteiger partial charge on any atom is -0.457 e. The molecule has 0 atom stereocenters. The Bertz CT molecular complexity index is 4670. The van der Waals surface area contributed by atoms with E-state index in [1.165, 1.54) is 0 Å². The van der Waals surface area contributed by atoms with Crippen LogP contribution in [0.2, 0.25) is 0 Å². The van der Waals surface area contributed by atoms with Crippen molar-refractivity contribution in [3.63, 3.8) is 0 Å². The van der Waals surface area contributed by atoms with Gasteiger partial charge in [0, 0.05) is 49.4 Å². The third-order valence-electron chi connectivity index (χ3n) is 14.4. The van der Waals surface area contributed by atoms with E-state index in [4.69, 9.17) is 24.4 Å². The van der Waals surface area contributed by atoms with Crippen LogP contribution in [-0.4, -0.2) is 36.0 Å². The van der Waals surface area contributed by atoms with E-state index in [9.17, 15) is 20.1 Å². The van der Waals surface area contributed by atoms with Crippen molar-refractivity contribution in [1.82, 2.24) is 24.1 Å². The summed E-state index contributed by atoms with van der Waals surface area (Å²) in [5, 5.41) is 24.7. The maximum absolute atomic E-state index is 13.6. The Balaban J connectivity index is 0.959. The maximum Gasteiger partial charge on any atom is 0.338 e. The number of aromatic nitrogens is 5. The quantitative estimate of drug-likeness (QED) is 0.109. The van der Waals surface area contributed by atoms with E-state index >= 15 is 0 Å². The average Bonchev–Trinajstić information content (AvgIpc) is 4.15. The minimum absolute atomic E-state index is 0.143. The molecule has 11 nitrogen and oxygen atoms in total. The van der Waals surface area contributed by atoms with E-state index in [1.807, 2.05) is 223 Å². The fraction of sp³-hybridized carbons (Fsp3) is 0.0290. The molecule has 0 aliphatic carbocycles. The van der Waals surface area contributed by atoms with Gasteiger partial charge < -0.3 is 18.6 Å². The molecule has 10 aromatic carbocycles. The summed E-state index contributed by atoms with van der Waals surface area (Å²) >= 11 is 0. The van der Waals surface area contributed by atoms with Crippen molar-refractivity contribution in [3.8, 4) is 68.8 Å². The molecule has 0 N–H and O–H groups in total. The smallest absolute Gasteiger partial charge is 0.338 e. The number of carbonyl (C=O) groups is 2. The number of nitrogens with zero attached hydrogens (tertiary/aromatic N) is 7. The Labute approximate surface area is 459 Å². The molecule has 0 saturated heterocycles. The summed E-state index contributed by atoms with van der Waals surface area (Å²) in [6.07, 6.45) is 0. The summed E-state index contributed by atoms with van der Waals surface area (Å²) < 4.78 is 15.7. The van der Waals surface area contributed by atoms with E-state index in [0.29, 0.717) is 56.5 Å². The van der Waals surface area contributed by atoms with Gasteiger partial charge in [-0.3, -0.25) is 0 Å². The number of carbonyl (C=O) groups excluding carboxylic acids is 2. The van der Waals surface area contributed by atoms with Crippen molar-refractivity contribution in [3.05, 3.63) is 270 Å². The van der Waals surface area contributed by atoms with Crippen molar-refractivity contribution in [2.24, 2.45) is 0 Å². The van der Waals surface area contributed by atoms with Crippen LogP contribution in [0.25, 0.3) is 100 Å². The standard InChI is InChI=1S/C69H43N7O4/c70-40-51-22-10-11-23-53(51)56-33-30-48(39-64(56)76-60-27-15-13-25-55(60)58-37-50(32-35-62(58)76)69(78)80-43-45-18-6-2-7-19-45)67-73-65(46-20-8-3-9-21-46)72-66(74-67)47-28-29-52(41-71)63(38-47)75-59-26-14-12-24-54(59)57-36-49(31-34-61(57)75)68(77)79-42-44-16-4-1-5-17-44/h1-39H,42-43H2. The molecule has 0 amide bonds. The lowest BCUT2D eigenvalue weighted by Crippen LogP contribution is -2.05. The van der Waals surface area contributed by atoms with Crippen molar-refractivity contribution in [2.45, 2.75) is 13.2 Å². The van der Waals surface area contributed by atoms with Crippen LogP contribution in [0.15, 0.2) is 237 Å². The van der Waals surface area contributed by atoms with Crippen molar-refractivity contribution in [1.29, 1.82) is 10.5 Å². The van der Waals surface area contributed by atoms with E-state index in [0.717, 1.165) is 77.1 Å². The zero-order valence-electron chi connectivity index (χ0n) is 42.7. The van der Waals surface area contributed by atoms with Gasteiger partial charge in [0.15, 0.2) is 17.5 Å². The summed E-state index contributed by atoms with van der Waals surface area (Å²) in [6.45, 7) is 0.287. The van der Waals surface area contributed by atoms with Crippen LogP contribution < -0.4 is 0 Å². The zero-order chi connectivity index (χ0) is 54.1. The van der Waals surface area contributed by atoms with Gasteiger partial charge >= 0.3 is 11.9 Å². The highest BCUT2D eigenvalue weighted by Crippen LogP contribution is 2.41. The lowest BCUT2D eigenvalue weighted by molar-refractivity contribution is 0.0464. The molecule has 13 rings (SSSR count). The van der Waals surface area contributed by atoms with Crippen LogP contribution in [0.1, 0.15) is 43.0 Å². The van der Waals surface area contributed by atoms with Gasteiger partial charge in [0.1, 0.15) is 19.3 Å². The molecule has 0 unspecified atom stereocenters. The third-order valence-corrected chi connectivity index (χ3v) is 14.4. The predicted octanol–water partition coefficient (Wildman–Crippen LogP) is 15.2. The zero-order valence-corrected chi connectivity index (χ0v) is 42.7. The predicted molar refractivity (Wildman–Crippen MR) is 311 cm³/mol. The van der Waals surface area contributed by atoms with Gasteiger partial charge in [0.2, 0.25) is 0 Å². The van der Waals surface area contributed by atoms with Crippen molar-refractivity contribution < 1.29 is 19.1 Å². The SMILES string of the molecule is N#Cc1ccccc1-c1ccc(-c2nc(-c3ccccc3)nc(-c3ccc(C#N)c(-n4c5ccccc5c5cc(C(=O)OCc6ccccc6)ccc54)c3)n2)cc1-n1c2ccccc2c2cc(C(=O)OCc3ccccc3)ccc21. The number of nitriles is 2. The number of rotatable bonds is 12. The fourth-order valence-electron chi connectivity index (χ4n) is 10.5. The summed E-state index contributed by atoms with van der Waals surface area (Å²) in [4.78, 5) is 42.7. The molecule has 0 aliphatic heterocycles. The van der Waals surface area contributed by atoms with Crippen LogP contribution in [0.5, 0.6) is 0 Å². The van der Waals surface area contributed by atoms with Crippen LogP contribution >= 0.6 is 0 Å².